The van der Waals surface area contributed by atoms with Crippen LogP contribution in [0.25, 0.3) is 0 Å². The Morgan fingerprint density at radius 1 is 1.23 bits per heavy atom. The summed E-state index contributed by atoms with van der Waals surface area (Å²) in [5.74, 6) is -0.0504. The van der Waals surface area contributed by atoms with E-state index in [1.807, 2.05) is 43.4 Å². The molecule has 0 spiro atoms. The fraction of sp³-hybridized carbons (Fsp3) is 0.182. The first-order valence-corrected chi connectivity index (χ1v) is 4.19. The van der Waals surface area contributed by atoms with Crippen LogP contribution >= 0.6 is 0 Å². The number of carbonyl (C=O) groups excluding carboxylic acids is 1. The van der Waals surface area contributed by atoms with Gasteiger partial charge >= 0.3 is 0 Å². The molecule has 0 aromatic carbocycles. The smallest absolute Gasteiger partial charge is 0.221 e. The molecule has 2 nitrogen and oxygen atoms in total. The molecule has 0 fully saturated rings. The monoisotopic (exact) mass is 175 g/mol. The van der Waals surface area contributed by atoms with Crippen LogP contribution in [-0.4, -0.2) is 5.91 Å². The molecule has 0 aliphatic heterocycles. The number of rotatable bonds is 1. The van der Waals surface area contributed by atoms with Gasteiger partial charge in [-0.15, -0.1) is 0 Å². The summed E-state index contributed by atoms with van der Waals surface area (Å²) >= 11 is 0. The lowest BCUT2D eigenvalue weighted by atomic mass is 10.2. The number of nitrogens with one attached hydrogen (secondary N) is 1. The summed E-state index contributed by atoms with van der Waals surface area (Å²) in [7, 11) is 0. The minimum Gasteiger partial charge on any atom is -0.326 e. The van der Waals surface area contributed by atoms with Crippen molar-refractivity contribution in [3.8, 4) is 0 Å². The summed E-state index contributed by atoms with van der Waals surface area (Å²) in [6.07, 6.45) is 11.6. The highest BCUT2D eigenvalue weighted by Gasteiger charge is 1.94. The van der Waals surface area contributed by atoms with Gasteiger partial charge in [0.2, 0.25) is 5.91 Å². The Morgan fingerprint density at radius 3 is 2.62 bits per heavy atom. The van der Waals surface area contributed by atoms with Gasteiger partial charge < -0.3 is 5.32 Å². The first kappa shape index (κ1) is 9.52. The van der Waals surface area contributed by atoms with Crippen LogP contribution in [0.2, 0.25) is 0 Å². The highest BCUT2D eigenvalue weighted by molar-refractivity contribution is 5.75. The average molecular weight is 175 g/mol. The van der Waals surface area contributed by atoms with Crippen molar-refractivity contribution in [3.05, 3.63) is 47.7 Å². The lowest BCUT2D eigenvalue weighted by molar-refractivity contribution is -0.118. The first-order valence-electron chi connectivity index (χ1n) is 4.19. The largest absolute Gasteiger partial charge is 0.326 e. The van der Waals surface area contributed by atoms with Crippen molar-refractivity contribution in [2.75, 3.05) is 0 Å². The predicted octanol–water partition coefficient (Wildman–Crippen LogP) is 2.08. The summed E-state index contributed by atoms with van der Waals surface area (Å²) in [5.41, 5.74) is 2.00. The van der Waals surface area contributed by atoms with Crippen LogP contribution in [-0.2, 0) is 4.79 Å². The summed E-state index contributed by atoms with van der Waals surface area (Å²) in [6, 6.07) is 0. The van der Waals surface area contributed by atoms with E-state index in [2.05, 4.69) is 5.32 Å². The van der Waals surface area contributed by atoms with Crippen molar-refractivity contribution in [1.82, 2.24) is 5.32 Å². The molecule has 0 atom stereocenters. The number of allylic oxidation sites excluding steroid dienone is 7. The highest BCUT2D eigenvalue weighted by atomic mass is 16.1. The standard InChI is InChI=1S/C11H13NO/c1-9-5-3-7-11(8-4-6-9)12-10(2)13/h3-8H,1-2H3,(H,12,13). The van der Waals surface area contributed by atoms with Crippen LogP contribution in [0.3, 0.4) is 0 Å². The molecular weight excluding hydrogens is 162 g/mol. The molecule has 0 saturated heterocycles. The fourth-order valence-corrected chi connectivity index (χ4v) is 1.00. The van der Waals surface area contributed by atoms with Crippen molar-refractivity contribution in [1.29, 1.82) is 0 Å². The predicted molar refractivity (Wildman–Crippen MR) is 53.9 cm³/mol. The number of carbonyl (C=O) groups is 1. The Kier molecular flexibility index (Phi) is 3.26. The molecule has 0 unspecified atom stereocenters. The second-order valence-corrected chi connectivity index (χ2v) is 2.93. The second kappa shape index (κ2) is 4.45. The minimum atomic E-state index is -0.0504. The molecule has 0 saturated carbocycles. The van der Waals surface area contributed by atoms with E-state index in [1.165, 1.54) is 12.5 Å². The van der Waals surface area contributed by atoms with Crippen LogP contribution in [0.4, 0.5) is 0 Å². The molecule has 2 heteroatoms. The molecule has 1 aliphatic rings. The highest BCUT2D eigenvalue weighted by Crippen LogP contribution is 2.02. The van der Waals surface area contributed by atoms with Crippen LogP contribution in [0.1, 0.15) is 13.8 Å². The zero-order valence-corrected chi connectivity index (χ0v) is 7.87. The molecule has 0 aromatic heterocycles. The average Bonchev–Trinajstić information content (AvgIpc) is 1.99. The van der Waals surface area contributed by atoms with E-state index < -0.39 is 0 Å². The van der Waals surface area contributed by atoms with Gasteiger partial charge in [-0.05, 0) is 19.1 Å². The molecule has 0 radical (unpaired) electrons. The topological polar surface area (TPSA) is 29.1 Å². The van der Waals surface area contributed by atoms with Gasteiger partial charge in [0, 0.05) is 12.6 Å². The van der Waals surface area contributed by atoms with E-state index in [9.17, 15) is 4.79 Å². The normalized spacial score (nSPS) is 15.5. The molecule has 0 aromatic rings. The summed E-state index contributed by atoms with van der Waals surface area (Å²) in [5, 5.41) is 2.72. The van der Waals surface area contributed by atoms with E-state index in [4.69, 9.17) is 0 Å². The lowest BCUT2D eigenvalue weighted by Gasteiger charge is -2.02. The molecule has 1 amide bonds. The number of hydrogen-bond acceptors (Lipinski definition) is 1. The molecule has 1 N–H and O–H groups in total. The van der Waals surface area contributed by atoms with Crippen LogP contribution in [0.15, 0.2) is 47.7 Å². The lowest BCUT2D eigenvalue weighted by Crippen LogP contribution is -2.17. The van der Waals surface area contributed by atoms with Gasteiger partial charge in [0.25, 0.3) is 0 Å². The van der Waals surface area contributed by atoms with Crippen LogP contribution < -0.4 is 5.32 Å². The molecule has 0 heterocycles. The quantitative estimate of drug-likeness (QED) is 0.649. The van der Waals surface area contributed by atoms with Crippen molar-refractivity contribution in [2.45, 2.75) is 13.8 Å². The van der Waals surface area contributed by atoms with E-state index in [0.29, 0.717) is 0 Å². The first-order chi connectivity index (χ1) is 6.18. The van der Waals surface area contributed by atoms with Crippen LogP contribution in [0, 0.1) is 0 Å². The van der Waals surface area contributed by atoms with E-state index in [-0.39, 0.29) is 5.91 Å². The van der Waals surface area contributed by atoms with Crippen molar-refractivity contribution in [3.63, 3.8) is 0 Å². The Labute approximate surface area is 78.3 Å². The summed E-state index contributed by atoms with van der Waals surface area (Å²) in [6.45, 7) is 3.52. The molecule has 68 valence electrons. The summed E-state index contributed by atoms with van der Waals surface area (Å²) < 4.78 is 0. The zero-order valence-electron chi connectivity index (χ0n) is 7.87. The fourth-order valence-electron chi connectivity index (χ4n) is 1.00. The van der Waals surface area contributed by atoms with Gasteiger partial charge in [-0.25, -0.2) is 0 Å². The Morgan fingerprint density at radius 2 is 1.92 bits per heavy atom. The van der Waals surface area contributed by atoms with Gasteiger partial charge in [-0.2, -0.15) is 0 Å². The van der Waals surface area contributed by atoms with Gasteiger partial charge in [0.05, 0.1) is 0 Å². The minimum absolute atomic E-state index is 0.0504. The number of hydrogen-bond donors (Lipinski definition) is 1. The molecule has 13 heavy (non-hydrogen) atoms. The van der Waals surface area contributed by atoms with E-state index >= 15 is 0 Å². The third kappa shape index (κ3) is 3.56. The third-order valence-corrected chi connectivity index (χ3v) is 1.59. The third-order valence-electron chi connectivity index (χ3n) is 1.59. The molecule has 1 aliphatic carbocycles. The maximum atomic E-state index is 10.7. The number of amides is 1. The van der Waals surface area contributed by atoms with Gasteiger partial charge in [0.15, 0.2) is 0 Å². The van der Waals surface area contributed by atoms with Gasteiger partial charge in [-0.3, -0.25) is 4.79 Å². The van der Waals surface area contributed by atoms with Gasteiger partial charge in [-0.1, -0.05) is 29.9 Å². The Hall–Kier alpha value is -1.57. The van der Waals surface area contributed by atoms with Gasteiger partial charge in [0.1, 0.15) is 0 Å². The molecule has 1 rings (SSSR count). The molecular formula is C11H13NO. The van der Waals surface area contributed by atoms with Crippen molar-refractivity contribution >= 4 is 5.91 Å². The zero-order chi connectivity index (χ0) is 9.68. The van der Waals surface area contributed by atoms with E-state index in [1.54, 1.807) is 0 Å². The van der Waals surface area contributed by atoms with Crippen molar-refractivity contribution in [2.24, 2.45) is 0 Å². The maximum Gasteiger partial charge on any atom is 0.221 e. The Bertz CT molecular complexity index is 319. The summed E-state index contributed by atoms with van der Waals surface area (Å²) in [4.78, 5) is 10.7. The molecule has 0 bridgehead atoms. The second-order valence-electron chi connectivity index (χ2n) is 2.93. The van der Waals surface area contributed by atoms with Crippen molar-refractivity contribution < 1.29 is 4.79 Å². The SMILES string of the molecule is CC(=O)NC1=CC=CC(C)=CC=C1. The van der Waals surface area contributed by atoms with E-state index in [0.717, 1.165) is 5.70 Å². The van der Waals surface area contributed by atoms with Crippen LogP contribution in [0.5, 0.6) is 0 Å². The maximum absolute atomic E-state index is 10.7. The Balaban J connectivity index is 2.74.